The van der Waals surface area contributed by atoms with E-state index in [1.165, 1.54) is 34.3 Å². The fourth-order valence-corrected chi connectivity index (χ4v) is 4.87. The highest BCUT2D eigenvalue weighted by Gasteiger charge is 2.33. The molecule has 0 radical (unpaired) electrons. The monoisotopic (exact) mass is 538 g/mol. The van der Waals surface area contributed by atoms with E-state index in [9.17, 15) is 18.0 Å². The molecule has 194 valence electrons. The van der Waals surface area contributed by atoms with Crippen LogP contribution >= 0.6 is 23.1 Å². The van der Waals surface area contributed by atoms with Gasteiger partial charge in [-0.15, -0.1) is 11.3 Å². The summed E-state index contributed by atoms with van der Waals surface area (Å²) < 4.78 is 41.5. The Balaban J connectivity index is 1.87. The van der Waals surface area contributed by atoms with Gasteiger partial charge in [-0.05, 0) is 25.2 Å². The topological polar surface area (TPSA) is 84.2 Å². The Morgan fingerprint density at radius 3 is 2.69 bits per heavy atom. The van der Waals surface area contributed by atoms with Gasteiger partial charge in [0.2, 0.25) is 0 Å². The lowest BCUT2D eigenvalue weighted by atomic mass is 9.98. The van der Waals surface area contributed by atoms with Crippen LogP contribution in [-0.2, 0) is 0 Å². The normalized spacial score (nSPS) is 12.4. The number of rotatable bonds is 10. The van der Waals surface area contributed by atoms with Gasteiger partial charge in [-0.3, -0.25) is 9.20 Å². The number of alkyl halides is 3. The summed E-state index contributed by atoms with van der Waals surface area (Å²) in [5.41, 5.74) is -4.27. The van der Waals surface area contributed by atoms with Crippen LogP contribution in [0.2, 0.25) is 0 Å². The quantitative estimate of drug-likeness (QED) is 0.190. The van der Waals surface area contributed by atoms with Crippen molar-refractivity contribution in [2.45, 2.75) is 70.0 Å². The maximum absolute atomic E-state index is 13.4. The third-order valence-corrected chi connectivity index (χ3v) is 7.07. The van der Waals surface area contributed by atoms with Gasteiger partial charge < -0.3 is 10.6 Å². The summed E-state index contributed by atoms with van der Waals surface area (Å²) in [7, 11) is 0. The van der Waals surface area contributed by atoms with Gasteiger partial charge in [-0.1, -0.05) is 46.0 Å². The van der Waals surface area contributed by atoms with Crippen molar-refractivity contribution >= 4 is 40.5 Å². The molecule has 36 heavy (non-hydrogen) atoms. The second kappa shape index (κ2) is 12.5. The van der Waals surface area contributed by atoms with Crippen molar-refractivity contribution in [3.63, 3.8) is 0 Å². The zero-order valence-corrected chi connectivity index (χ0v) is 22.2. The molecule has 0 aromatic carbocycles. The number of thiazole rings is 1. The van der Waals surface area contributed by atoms with Crippen molar-refractivity contribution < 1.29 is 18.0 Å². The number of carbonyl (C=O) groups is 1. The molecule has 1 amide bonds. The molecule has 0 aliphatic heterocycles. The number of fused-ring (bicyclic) bond motifs is 1. The molecule has 3 rings (SSSR count). The van der Waals surface area contributed by atoms with Crippen LogP contribution in [0.1, 0.15) is 66.8 Å². The van der Waals surface area contributed by atoms with Crippen LogP contribution in [0.4, 0.5) is 19.0 Å². The first-order valence-electron chi connectivity index (χ1n) is 11.7. The molecule has 3 aromatic rings. The number of hydrogen-bond donors (Lipinski definition) is 2. The molecule has 1 unspecified atom stereocenters. The highest BCUT2D eigenvalue weighted by Crippen LogP contribution is 2.39. The third kappa shape index (κ3) is 7.61. The lowest BCUT2D eigenvalue weighted by molar-refractivity contribution is -0.0330. The first-order valence-corrected chi connectivity index (χ1v) is 13.3. The number of carbonyl (C=O) groups excluding carboxylic acids is 1. The summed E-state index contributed by atoms with van der Waals surface area (Å²) in [5, 5.41) is 6.63. The summed E-state index contributed by atoms with van der Waals surface area (Å²) in [4.78, 5) is 25.4. The van der Waals surface area contributed by atoms with E-state index in [2.05, 4.69) is 58.2 Å². The van der Waals surface area contributed by atoms with Crippen LogP contribution in [0.3, 0.4) is 0 Å². The number of hydrogen-bond acceptors (Lipinski definition) is 7. The smallest absolute Gasteiger partial charge is 0.364 e. The molecular weight excluding hydrogens is 509 g/mol. The van der Waals surface area contributed by atoms with Crippen LogP contribution in [0, 0.1) is 24.7 Å². The summed E-state index contributed by atoms with van der Waals surface area (Å²) in [5.74, 6) is 5.79. The van der Waals surface area contributed by atoms with E-state index in [0.29, 0.717) is 16.6 Å². The number of nitrogens with zero attached hydrogens (tertiary/aromatic N) is 4. The average molecular weight is 539 g/mol. The highest BCUT2D eigenvalue weighted by atomic mass is 32.2. The van der Waals surface area contributed by atoms with Crippen LogP contribution in [0.25, 0.3) is 5.65 Å². The first-order chi connectivity index (χ1) is 17.1. The van der Waals surface area contributed by atoms with Crippen molar-refractivity contribution in [1.82, 2.24) is 24.7 Å². The molecule has 0 aliphatic carbocycles. The first kappa shape index (κ1) is 27.8. The summed E-state index contributed by atoms with van der Waals surface area (Å²) in [6, 6.07) is 0.103. The molecule has 0 saturated carbocycles. The Labute approximate surface area is 216 Å². The standard InChI is InChI=1S/C24H29F3N6OS2/c1-5-6-7-9-17(15(2)3)31-20-21-32-18(23(36-24(25,26)27)33(21)13-12-28-20)10-8-11-29-22(34)19-14-30-16(4)35-19/h12-15,17H,5-7,9,11H2,1-4H3,(H,28,31)(H,29,34). The number of imidazole rings is 1. The van der Waals surface area contributed by atoms with E-state index in [4.69, 9.17) is 0 Å². The molecule has 7 nitrogen and oxygen atoms in total. The number of aromatic nitrogens is 4. The van der Waals surface area contributed by atoms with E-state index >= 15 is 0 Å². The molecule has 0 bridgehead atoms. The predicted octanol–water partition coefficient (Wildman–Crippen LogP) is 5.90. The Morgan fingerprint density at radius 1 is 1.28 bits per heavy atom. The van der Waals surface area contributed by atoms with Gasteiger partial charge in [0.15, 0.2) is 11.5 Å². The predicted molar refractivity (Wildman–Crippen MR) is 137 cm³/mol. The highest BCUT2D eigenvalue weighted by molar-refractivity contribution is 8.00. The van der Waals surface area contributed by atoms with E-state index in [0.717, 1.165) is 30.7 Å². The molecular formula is C24H29F3N6OS2. The second-order valence-electron chi connectivity index (χ2n) is 8.50. The SMILES string of the molecule is CCCCCC(Nc1nccn2c(SC(F)(F)F)c(C#CCNC(=O)c3cnc(C)s3)nc12)C(C)C. The lowest BCUT2D eigenvalue weighted by Gasteiger charge is -2.23. The molecule has 0 saturated heterocycles. The van der Waals surface area contributed by atoms with E-state index in [1.54, 1.807) is 6.92 Å². The number of aryl methyl sites for hydroxylation is 1. The minimum absolute atomic E-state index is 0.0247. The van der Waals surface area contributed by atoms with E-state index in [-0.39, 0.29) is 46.6 Å². The Kier molecular flexibility index (Phi) is 9.62. The van der Waals surface area contributed by atoms with Gasteiger partial charge in [0.1, 0.15) is 15.6 Å². The number of nitrogens with one attached hydrogen (secondary N) is 2. The zero-order chi connectivity index (χ0) is 26.3. The number of halogens is 3. The molecule has 1 atom stereocenters. The third-order valence-electron chi connectivity index (χ3n) is 5.35. The van der Waals surface area contributed by atoms with Gasteiger partial charge in [0.25, 0.3) is 5.91 Å². The maximum atomic E-state index is 13.4. The van der Waals surface area contributed by atoms with Gasteiger partial charge in [0.05, 0.1) is 17.7 Å². The van der Waals surface area contributed by atoms with Gasteiger partial charge in [-0.25, -0.2) is 15.0 Å². The molecule has 3 aromatic heterocycles. The number of thioether (sulfide) groups is 1. The molecule has 12 heteroatoms. The molecule has 0 fully saturated rings. The fraction of sp³-hybridized carbons (Fsp3) is 0.500. The minimum atomic E-state index is -4.53. The van der Waals surface area contributed by atoms with E-state index < -0.39 is 5.51 Å². The fourth-order valence-electron chi connectivity index (χ4n) is 3.51. The summed E-state index contributed by atoms with van der Waals surface area (Å²) in [6.45, 7) is 8.07. The largest absolute Gasteiger partial charge is 0.447 e. The number of amides is 1. The maximum Gasteiger partial charge on any atom is 0.447 e. The van der Waals surface area contributed by atoms with Crippen molar-refractivity contribution in [2.24, 2.45) is 5.92 Å². The molecule has 0 spiro atoms. The zero-order valence-electron chi connectivity index (χ0n) is 20.6. The van der Waals surface area contributed by atoms with Gasteiger partial charge in [0, 0.05) is 30.2 Å². The van der Waals surface area contributed by atoms with Crippen LogP contribution in [-0.4, -0.2) is 43.4 Å². The average Bonchev–Trinajstić information content (AvgIpc) is 3.39. The van der Waals surface area contributed by atoms with Crippen molar-refractivity contribution in [3.05, 3.63) is 34.2 Å². The Bertz CT molecular complexity index is 1240. The van der Waals surface area contributed by atoms with Gasteiger partial charge in [-0.2, -0.15) is 13.2 Å². The number of anilines is 1. The summed E-state index contributed by atoms with van der Waals surface area (Å²) >= 11 is 0.974. The Hall–Kier alpha value is -2.78. The summed E-state index contributed by atoms with van der Waals surface area (Å²) in [6.07, 6.45) is 8.54. The molecule has 3 heterocycles. The van der Waals surface area contributed by atoms with Crippen LogP contribution in [0.15, 0.2) is 23.6 Å². The minimum Gasteiger partial charge on any atom is -0.364 e. The van der Waals surface area contributed by atoms with E-state index in [1.807, 2.05) is 0 Å². The van der Waals surface area contributed by atoms with Gasteiger partial charge >= 0.3 is 5.51 Å². The van der Waals surface area contributed by atoms with Crippen molar-refractivity contribution in [3.8, 4) is 11.8 Å². The Morgan fingerprint density at radius 2 is 2.06 bits per heavy atom. The lowest BCUT2D eigenvalue weighted by Crippen LogP contribution is -2.26. The van der Waals surface area contributed by atoms with Crippen LogP contribution in [0.5, 0.6) is 0 Å². The van der Waals surface area contributed by atoms with Crippen molar-refractivity contribution in [1.29, 1.82) is 0 Å². The second-order valence-corrected chi connectivity index (χ2v) is 10.8. The van der Waals surface area contributed by atoms with Crippen LogP contribution < -0.4 is 10.6 Å². The van der Waals surface area contributed by atoms with Crippen molar-refractivity contribution in [2.75, 3.05) is 11.9 Å². The molecule has 0 aliphatic rings. The molecule has 2 N–H and O–H groups in total. The number of unbranched alkanes of at least 4 members (excludes halogenated alkanes) is 2.